The third-order valence-electron chi connectivity index (χ3n) is 4.90. The summed E-state index contributed by atoms with van der Waals surface area (Å²) in [6.45, 7) is 0.961. The van der Waals surface area contributed by atoms with Crippen LogP contribution in [-0.2, 0) is 14.8 Å². The summed E-state index contributed by atoms with van der Waals surface area (Å²) in [5, 5.41) is 11.1. The van der Waals surface area contributed by atoms with E-state index in [9.17, 15) is 13.2 Å². The second-order valence-corrected chi connectivity index (χ2v) is 9.47. The van der Waals surface area contributed by atoms with E-state index in [1.807, 2.05) is 0 Å². The van der Waals surface area contributed by atoms with E-state index in [4.69, 9.17) is 21.7 Å². The standard InChI is InChI=1S/C22H20ClN5O4S/c1-33(30,31)28(18-8-6-17(7-9-18)27-12-13-32-22(27)24)20-10-11-25-14-19(20)26-21(29)15-2-4-16(23)5-3-15/h2-11,14,24H,12-13H2,1H3,(H,26,29). The Bertz CT molecular complexity index is 1300. The number of sulfonamides is 1. The van der Waals surface area contributed by atoms with Gasteiger partial charge in [-0.25, -0.2) is 12.7 Å². The minimum atomic E-state index is -3.79. The highest BCUT2D eigenvalue weighted by Gasteiger charge is 2.25. The molecule has 0 radical (unpaired) electrons. The Labute approximate surface area is 196 Å². The molecule has 0 spiro atoms. The summed E-state index contributed by atoms with van der Waals surface area (Å²) in [4.78, 5) is 18.4. The maximum Gasteiger partial charge on any atom is 0.289 e. The molecule has 2 N–H and O–H groups in total. The van der Waals surface area contributed by atoms with Crippen molar-refractivity contribution in [3.05, 3.63) is 77.6 Å². The number of hydrogen-bond donors (Lipinski definition) is 2. The smallest absolute Gasteiger partial charge is 0.289 e. The summed E-state index contributed by atoms with van der Waals surface area (Å²) in [5.74, 6) is -0.433. The molecule has 0 unspecified atom stereocenters. The summed E-state index contributed by atoms with van der Waals surface area (Å²) >= 11 is 5.89. The Morgan fingerprint density at radius 1 is 1.15 bits per heavy atom. The van der Waals surface area contributed by atoms with E-state index in [0.717, 1.165) is 10.6 Å². The normalized spacial score (nSPS) is 13.5. The van der Waals surface area contributed by atoms with Gasteiger partial charge in [-0.2, -0.15) is 0 Å². The lowest BCUT2D eigenvalue weighted by atomic mass is 10.2. The van der Waals surface area contributed by atoms with E-state index in [-0.39, 0.29) is 17.4 Å². The van der Waals surface area contributed by atoms with Gasteiger partial charge in [0.1, 0.15) is 6.61 Å². The molecule has 1 saturated heterocycles. The third-order valence-corrected chi connectivity index (χ3v) is 6.22. The van der Waals surface area contributed by atoms with Crippen molar-refractivity contribution in [2.24, 2.45) is 0 Å². The van der Waals surface area contributed by atoms with E-state index >= 15 is 0 Å². The van der Waals surface area contributed by atoms with Crippen LogP contribution in [-0.4, -0.2) is 44.7 Å². The molecule has 2 heterocycles. The van der Waals surface area contributed by atoms with Crippen LogP contribution in [0.2, 0.25) is 5.02 Å². The van der Waals surface area contributed by atoms with Crippen molar-refractivity contribution in [2.45, 2.75) is 0 Å². The fourth-order valence-corrected chi connectivity index (χ4v) is 4.54. The lowest BCUT2D eigenvalue weighted by Gasteiger charge is -2.25. The second kappa shape index (κ2) is 9.08. The van der Waals surface area contributed by atoms with Crippen molar-refractivity contribution in [3.63, 3.8) is 0 Å². The molecule has 1 amide bonds. The van der Waals surface area contributed by atoms with Gasteiger partial charge < -0.3 is 10.1 Å². The lowest BCUT2D eigenvalue weighted by molar-refractivity contribution is 0.102. The van der Waals surface area contributed by atoms with E-state index < -0.39 is 15.9 Å². The molecule has 0 bridgehead atoms. The van der Waals surface area contributed by atoms with Gasteiger partial charge in [0.25, 0.3) is 11.9 Å². The Hall–Kier alpha value is -3.63. The fraction of sp³-hybridized carbons (Fsp3) is 0.136. The number of ether oxygens (including phenoxy) is 1. The van der Waals surface area contributed by atoms with Gasteiger partial charge in [0.05, 0.1) is 36.1 Å². The van der Waals surface area contributed by atoms with Crippen molar-refractivity contribution < 1.29 is 17.9 Å². The quantitative estimate of drug-likeness (QED) is 0.547. The van der Waals surface area contributed by atoms with E-state index in [1.54, 1.807) is 53.4 Å². The van der Waals surface area contributed by atoms with Gasteiger partial charge in [0, 0.05) is 22.5 Å². The number of amides is 1. The molecule has 1 fully saturated rings. The van der Waals surface area contributed by atoms with Crippen molar-refractivity contribution in [2.75, 3.05) is 33.9 Å². The molecule has 1 aliphatic heterocycles. The number of anilines is 4. The van der Waals surface area contributed by atoms with Gasteiger partial charge >= 0.3 is 0 Å². The Kier molecular flexibility index (Phi) is 6.21. The number of rotatable bonds is 6. The molecule has 0 atom stereocenters. The highest BCUT2D eigenvalue weighted by atomic mass is 35.5. The van der Waals surface area contributed by atoms with E-state index in [1.165, 1.54) is 18.5 Å². The van der Waals surface area contributed by atoms with Crippen LogP contribution in [0.25, 0.3) is 0 Å². The molecule has 33 heavy (non-hydrogen) atoms. The Morgan fingerprint density at radius 3 is 2.45 bits per heavy atom. The van der Waals surface area contributed by atoms with Crippen LogP contribution < -0.4 is 14.5 Å². The average molecular weight is 486 g/mol. The lowest BCUT2D eigenvalue weighted by Crippen LogP contribution is -2.27. The van der Waals surface area contributed by atoms with Crippen molar-refractivity contribution >= 4 is 56.3 Å². The molecule has 0 saturated carbocycles. The molecule has 3 aromatic rings. The van der Waals surface area contributed by atoms with E-state index in [2.05, 4.69) is 10.3 Å². The minimum absolute atomic E-state index is 0.0454. The predicted octanol–water partition coefficient (Wildman–Crippen LogP) is 3.86. The van der Waals surface area contributed by atoms with Crippen LogP contribution in [0.15, 0.2) is 67.0 Å². The van der Waals surface area contributed by atoms with Crippen LogP contribution in [0.5, 0.6) is 0 Å². The summed E-state index contributed by atoms with van der Waals surface area (Å²) in [6.07, 6.45) is 3.91. The first-order valence-corrected chi connectivity index (χ1v) is 12.1. The average Bonchev–Trinajstić information content (AvgIpc) is 3.21. The molecular weight excluding hydrogens is 466 g/mol. The summed E-state index contributed by atoms with van der Waals surface area (Å²) in [5.41, 5.74) is 1.89. The first-order valence-electron chi connectivity index (χ1n) is 9.84. The second-order valence-electron chi connectivity index (χ2n) is 7.20. The molecule has 2 aromatic carbocycles. The number of carbonyl (C=O) groups is 1. The summed E-state index contributed by atoms with van der Waals surface area (Å²) in [6, 6.07) is 14.6. The van der Waals surface area contributed by atoms with Gasteiger partial charge in [0.2, 0.25) is 10.0 Å². The minimum Gasteiger partial charge on any atom is -0.463 e. The van der Waals surface area contributed by atoms with Gasteiger partial charge in [-0.05, 0) is 54.6 Å². The topological polar surface area (TPSA) is 116 Å². The van der Waals surface area contributed by atoms with Crippen LogP contribution in [0.3, 0.4) is 0 Å². The van der Waals surface area contributed by atoms with Crippen LogP contribution in [0.4, 0.5) is 22.7 Å². The van der Waals surface area contributed by atoms with Gasteiger partial charge in [-0.15, -0.1) is 0 Å². The molecule has 4 rings (SSSR count). The van der Waals surface area contributed by atoms with Crippen LogP contribution in [0, 0.1) is 5.41 Å². The SMILES string of the molecule is CS(=O)(=O)N(c1ccc(N2CCOC2=N)cc1)c1ccncc1NC(=O)c1ccc(Cl)cc1. The number of carbonyl (C=O) groups excluding carboxylic acids is 1. The zero-order valence-corrected chi connectivity index (χ0v) is 19.1. The molecule has 9 nitrogen and oxygen atoms in total. The van der Waals surface area contributed by atoms with E-state index in [0.29, 0.717) is 35.1 Å². The number of hydrogen-bond acceptors (Lipinski definition) is 6. The highest BCUT2D eigenvalue weighted by molar-refractivity contribution is 7.92. The molecular formula is C22H20ClN5O4S. The van der Waals surface area contributed by atoms with Crippen LogP contribution >= 0.6 is 11.6 Å². The monoisotopic (exact) mass is 485 g/mol. The zero-order valence-electron chi connectivity index (χ0n) is 17.5. The Morgan fingerprint density at radius 2 is 1.85 bits per heavy atom. The number of benzene rings is 2. The van der Waals surface area contributed by atoms with Gasteiger partial charge in [-0.3, -0.25) is 20.1 Å². The summed E-state index contributed by atoms with van der Waals surface area (Å²) in [7, 11) is -3.79. The van der Waals surface area contributed by atoms with Crippen molar-refractivity contribution in [3.8, 4) is 0 Å². The first-order chi connectivity index (χ1) is 15.7. The third kappa shape index (κ3) is 4.91. The van der Waals surface area contributed by atoms with Gasteiger partial charge in [0.15, 0.2) is 0 Å². The van der Waals surface area contributed by atoms with Crippen LogP contribution in [0.1, 0.15) is 10.4 Å². The number of pyridine rings is 1. The maximum absolute atomic E-state index is 12.8. The Balaban J connectivity index is 1.68. The van der Waals surface area contributed by atoms with Gasteiger partial charge in [-0.1, -0.05) is 11.6 Å². The molecule has 0 aliphatic carbocycles. The zero-order chi connectivity index (χ0) is 23.6. The number of halogens is 1. The van der Waals surface area contributed by atoms with Crippen molar-refractivity contribution in [1.82, 2.24) is 4.98 Å². The first kappa shape index (κ1) is 22.6. The number of nitrogens with zero attached hydrogens (tertiary/aromatic N) is 3. The number of aromatic nitrogens is 1. The number of nitrogens with one attached hydrogen (secondary N) is 2. The molecule has 1 aromatic heterocycles. The highest BCUT2D eigenvalue weighted by Crippen LogP contribution is 2.35. The predicted molar refractivity (Wildman–Crippen MR) is 128 cm³/mol. The molecule has 170 valence electrons. The largest absolute Gasteiger partial charge is 0.463 e. The summed E-state index contributed by atoms with van der Waals surface area (Å²) < 4.78 is 31.9. The van der Waals surface area contributed by atoms with Crippen molar-refractivity contribution in [1.29, 1.82) is 5.41 Å². The molecule has 1 aliphatic rings. The number of amidine groups is 1. The molecule has 11 heteroatoms. The fourth-order valence-electron chi connectivity index (χ4n) is 3.39. The maximum atomic E-state index is 12.8.